The van der Waals surface area contributed by atoms with Gasteiger partial charge in [0.05, 0.1) is 17.1 Å². The van der Waals surface area contributed by atoms with E-state index in [0.29, 0.717) is 17.5 Å². The first-order valence-corrected chi connectivity index (χ1v) is 11.7. The van der Waals surface area contributed by atoms with Gasteiger partial charge in [-0.25, -0.2) is 15.0 Å². The lowest BCUT2D eigenvalue weighted by Crippen LogP contribution is -2.47. The van der Waals surface area contributed by atoms with Crippen LogP contribution in [0.25, 0.3) is 10.4 Å². The monoisotopic (exact) mass is 475 g/mol. The van der Waals surface area contributed by atoms with Gasteiger partial charge in [-0.1, -0.05) is 6.07 Å². The van der Waals surface area contributed by atoms with Crippen molar-refractivity contribution in [1.29, 1.82) is 0 Å². The molecule has 10 heteroatoms. The van der Waals surface area contributed by atoms with Gasteiger partial charge >= 0.3 is 6.18 Å². The highest BCUT2D eigenvalue weighted by Gasteiger charge is 2.56. The highest BCUT2D eigenvalue weighted by Crippen LogP contribution is 2.58. The minimum absolute atomic E-state index is 0.0859. The molecule has 3 aromatic rings. The summed E-state index contributed by atoms with van der Waals surface area (Å²) in [6.45, 7) is 1.84. The van der Waals surface area contributed by atoms with Gasteiger partial charge < -0.3 is 10.4 Å². The van der Waals surface area contributed by atoms with Crippen LogP contribution in [0.15, 0.2) is 36.7 Å². The standard InChI is InChI=1S/C23H24F3N5OS/c1-13-8-14(10-17(9-13)30-21-27-7-6-19(31-21)23(24,25)26)18-11-28-20(33-18)22(29-12-32,15-2-3-15)16-4-5-16/h6-11,15-16,29,32H,2-5,12H2,1H3,(H,27,30,31). The Morgan fingerprint density at radius 2 is 1.82 bits per heavy atom. The second-order valence-corrected chi connectivity index (χ2v) is 9.79. The van der Waals surface area contributed by atoms with Crippen molar-refractivity contribution >= 4 is 23.0 Å². The molecule has 2 fully saturated rings. The number of alkyl halides is 3. The molecule has 0 bridgehead atoms. The SMILES string of the molecule is Cc1cc(Nc2nccc(C(F)(F)F)n2)cc(-c2cnc(C(NCO)(C3CC3)C3CC3)s2)c1. The normalized spacial score (nSPS) is 16.8. The first-order valence-electron chi connectivity index (χ1n) is 10.9. The van der Waals surface area contributed by atoms with E-state index in [1.165, 1.54) is 0 Å². The van der Waals surface area contributed by atoms with Crippen molar-refractivity contribution in [3.05, 3.63) is 52.9 Å². The third kappa shape index (κ3) is 4.47. The number of aryl methyl sites for hydroxylation is 1. The maximum atomic E-state index is 13.0. The van der Waals surface area contributed by atoms with Crippen molar-refractivity contribution in [1.82, 2.24) is 20.3 Å². The van der Waals surface area contributed by atoms with Gasteiger partial charge in [0, 0.05) is 18.1 Å². The molecule has 2 saturated carbocycles. The summed E-state index contributed by atoms with van der Waals surface area (Å²) in [5.74, 6) is 0.868. The number of benzene rings is 1. The van der Waals surface area contributed by atoms with Crippen molar-refractivity contribution in [3.63, 3.8) is 0 Å². The molecular weight excluding hydrogens is 451 g/mol. The number of aliphatic hydroxyl groups is 1. The summed E-state index contributed by atoms with van der Waals surface area (Å²) >= 11 is 1.61. The summed E-state index contributed by atoms with van der Waals surface area (Å²) in [6, 6.07) is 6.56. The van der Waals surface area contributed by atoms with Crippen molar-refractivity contribution in [3.8, 4) is 10.4 Å². The lowest BCUT2D eigenvalue weighted by atomic mass is 9.88. The van der Waals surface area contributed by atoms with Crippen LogP contribution in [-0.2, 0) is 11.7 Å². The molecule has 5 rings (SSSR count). The van der Waals surface area contributed by atoms with E-state index in [2.05, 4.69) is 20.6 Å². The molecule has 0 unspecified atom stereocenters. The molecule has 33 heavy (non-hydrogen) atoms. The molecule has 0 radical (unpaired) electrons. The molecule has 0 atom stereocenters. The second kappa shape index (κ2) is 8.34. The van der Waals surface area contributed by atoms with Crippen molar-refractivity contribution in [2.45, 2.75) is 44.3 Å². The number of hydrogen-bond acceptors (Lipinski definition) is 7. The van der Waals surface area contributed by atoms with Gasteiger partial charge in [0.15, 0.2) is 0 Å². The predicted octanol–water partition coefficient (Wildman–Crippen LogP) is 5.23. The van der Waals surface area contributed by atoms with Gasteiger partial charge in [0.25, 0.3) is 0 Å². The predicted molar refractivity (Wildman–Crippen MR) is 120 cm³/mol. The van der Waals surface area contributed by atoms with E-state index >= 15 is 0 Å². The zero-order valence-electron chi connectivity index (χ0n) is 18.0. The zero-order valence-corrected chi connectivity index (χ0v) is 18.8. The van der Waals surface area contributed by atoms with E-state index in [9.17, 15) is 18.3 Å². The van der Waals surface area contributed by atoms with Gasteiger partial charge in [-0.3, -0.25) is 5.32 Å². The average Bonchev–Trinajstić information content (AvgIpc) is 3.69. The minimum atomic E-state index is -4.53. The molecule has 174 valence electrons. The van der Waals surface area contributed by atoms with E-state index in [1.54, 1.807) is 11.3 Å². The lowest BCUT2D eigenvalue weighted by Gasteiger charge is -2.33. The zero-order chi connectivity index (χ0) is 23.2. The van der Waals surface area contributed by atoms with E-state index in [-0.39, 0.29) is 18.2 Å². The molecule has 3 N–H and O–H groups in total. The topological polar surface area (TPSA) is 83.0 Å². The molecule has 2 aromatic heterocycles. The Morgan fingerprint density at radius 3 is 2.45 bits per heavy atom. The van der Waals surface area contributed by atoms with Gasteiger partial charge in [-0.2, -0.15) is 13.2 Å². The molecule has 2 aliphatic carbocycles. The number of aliphatic hydroxyl groups excluding tert-OH is 1. The van der Waals surface area contributed by atoms with Crippen molar-refractivity contribution in [2.24, 2.45) is 11.8 Å². The summed E-state index contributed by atoms with van der Waals surface area (Å²) in [5.41, 5.74) is 1.20. The Morgan fingerprint density at radius 1 is 1.09 bits per heavy atom. The fourth-order valence-electron chi connectivity index (χ4n) is 4.56. The third-order valence-electron chi connectivity index (χ3n) is 6.24. The molecule has 1 aromatic carbocycles. The number of hydrogen-bond donors (Lipinski definition) is 3. The Kier molecular flexibility index (Phi) is 5.62. The Bertz CT molecular complexity index is 1140. The maximum Gasteiger partial charge on any atom is 0.433 e. The fraction of sp³-hybridized carbons (Fsp3) is 0.435. The highest BCUT2D eigenvalue weighted by molar-refractivity contribution is 7.15. The van der Waals surface area contributed by atoms with Crippen LogP contribution in [0.3, 0.4) is 0 Å². The number of anilines is 2. The van der Waals surface area contributed by atoms with Crippen LogP contribution in [0.5, 0.6) is 0 Å². The molecule has 2 aliphatic rings. The van der Waals surface area contributed by atoms with Crippen LogP contribution in [0.1, 0.15) is 41.9 Å². The van der Waals surface area contributed by atoms with Gasteiger partial charge in [0.1, 0.15) is 10.7 Å². The summed E-state index contributed by atoms with van der Waals surface area (Å²) in [4.78, 5) is 13.2. The Hall–Kier alpha value is -2.56. The van der Waals surface area contributed by atoms with Gasteiger partial charge in [-0.15, -0.1) is 11.3 Å². The summed E-state index contributed by atoms with van der Waals surface area (Å²) < 4.78 is 39.0. The van der Waals surface area contributed by atoms with Crippen LogP contribution >= 0.6 is 11.3 Å². The molecule has 0 amide bonds. The number of nitrogens with zero attached hydrogens (tertiary/aromatic N) is 3. The number of rotatable bonds is 8. The van der Waals surface area contributed by atoms with Gasteiger partial charge in [-0.05, 0) is 73.8 Å². The number of aromatic nitrogens is 3. The number of thiazole rings is 1. The van der Waals surface area contributed by atoms with Crippen LogP contribution in [-0.4, -0.2) is 26.8 Å². The quantitative estimate of drug-likeness (QED) is 0.387. The molecular formula is C23H24F3N5OS. The number of halogens is 3. The smallest absolute Gasteiger partial charge is 0.381 e. The summed E-state index contributed by atoms with van der Waals surface area (Å²) in [7, 11) is 0. The first kappa shape index (κ1) is 22.2. The molecule has 0 spiro atoms. The summed E-state index contributed by atoms with van der Waals surface area (Å²) in [6.07, 6.45) is 2.93. The molecule has 6 nitrogen and oxygen atoms in total. The third-order valence-corrected chi connectivity index (χ3v) is 7.44. The average molecular weight is 476 g/mol. The lowest BCUT2D eigenvalue weighted by molar-refractivity contribution is -0.141. The van der Waals surface area contributed by atoms with Crippen LogP contribution < -0.4 is 10.6 Å². The van der Waals surface area contributed by atoms with Crippen LogP contribution in [0.2, 0.25) is 0 Å². The Labute approximate surface area is 193 Å². The first-order chi connectivity index (χ1) is 15.8. The van der Waals surface area contributed by atoms with Crippen LogP contribution in [0.4, 0.5) is 24.8 Å². The molecule has 0 saturated heterocycles. The minimum Gasteiger partial charge on any atom is -0.381 e. The molecule has 0 aliphatic heterocycles. The Balaban J connectivity index is 1.44. The van der Waals surface area contributed by atoms with E-state index in [1.807, 2.05) is 31.3 Å². The fourth-order valence-corrected chi connectivity index (χ4v) is 5.79. The second-order valence-electron chi connectivity index (χ2n) is 8.76. The van der Waals surface area contributed by atoms with E-state index in [0.717, 1.165) is 59.0 Å². The highest BCUT2D eigenvalue weighted by atomic mass is 32.1. The number of nitrogens with one attached hydrogen (secondary N) is 2. The molecule has 2 heterocycles. The van der Waals surface area contributed by atoms with Gasteiger partial charge in [0.2, 0.25) is 5.95 Å². The summed E-state index contributed by atoms with van der Waals surface area (Å²) in [5, 5.41) is 16.9. The van der Waals surface area contributed by atoms with Crippen LogP contribution in [0, 0.1) is 18.8 Å². The van der Waals surface area contributed by atoms with E-state index in [4.69, 9.17) is 4.98 Å². The largest absolute Gasteiger partial charge is 0.433 e. The van der Waals surface area contributed by atoms with E-state index < -0.39 is 11.9 Å². The maximum absolute atomic E-state index is 13.0. The van der Waals surface area contributed by atoms with Crippen molar-refractivity contribution < 1.29 is 18.3 Å². The van der Waals surface area contributed by atoms with Crippen molar-refractivity contribution in [2.75, 3.05) is 12.0 Å².